The lowest BCUT2D eigenvalue weighted by Crippen LogP contribution is -2.44. The second-order valence-corrected chi connectivity index (χ2v) is 20.0. The average molecular weight is 814 g/mol. The number of ether oxygens (including phenoxy) is 1. The van der Waals surface area contributed by atoms with Gasteiger partial charge in [0.15, 0.2) is 0 Å². The fourth-order valence-electron chi connectivity index (χ4n) is 7.87. The van der Waals surface area contributed by atoms with Gasteiger partial charge in [0.1, 0.15) is 6.10 Å². The molecule has 2 heterocycles. The molecule has 302 valence electrons. The Balaban J connectivity index is 1.63. The number of hydrogen-bond donors (Lipinski definition) is 3. The first-order valence-corrected chi connectivity index (χ1v) is 22.8. The lowest BCUT2D eigenvalue weighted by Gasteiger charge is -2.38. The Kier molecular flexibility index (Phi) is 13.6. The van der Waals surface area contributed by atoms with E-state index in [0.29, 0.717) is 56.4 Å². The first-order chi connectivity index (χ1) is 24.9. The van der Waals surface area contributed by atoms with Crippen molar-refractivity contribution in [2.45, 2.75) is 108 Å². The summed E-state index contributed by atoms with van der Waals surface area (Å²) in [7, 11) is -13.1. The van der Waals surface area contributed by atoms with Crippen LogP contribution < -0.4 is 4.90 Å². The summed E-state index contributed by atoms with van der Waals surface area (Å²) in [6, 6.07) is 3.96. The predicted octanol–water partition coefficient (Wildman–Crippen LogP) is 5.42. The molecule has 3 N–H and O–H groups in total. The summed E-state index contributed by atoms with van der Waals surface area (Å²) < 4.78 is 107. The summed E-state index contributed by atoms with van der Waals surface area (Å²) in [5, 5.41) is 9.43. The van der Waals surface area contributed by atoms with Crippen molar-refractivity contribution in [3.05, 3.63) is 70.7 Å². The van der Waals surface area contributed by atoms with E-state index in [1.54, 1.807) is 6.07 Å². The molecule has 0 saturated carbocycles. The number of rotatable bonds is 19. The molecular weight excluding hydrogens is 761 g/mol. The molecular formula is C37H53N2O12S3-. The Bertz CT molecular complexity index is 2030. The van der Waals surface area contributed by atoms with Crippen LogP contribution in [0.5, 0.6) is 0 Å². The predicted molar refractivity (Wildman–Crippen MR) is 204 cm³/mol. The lowest BCUT2D eigenvalue weighted by molar-refractivity contribution is -0.137. The maximum absolute atomic E-state index is 12.2. The number of likely N-dealkylation sites (N-methyl/N-ethyl adjacent to an activating group) is 1. The van der Waals surface area contributed by atoms with Gasteiger partial charge in [-0.2, -0.15) is 16.8 Å². The summed E-state index contributed by atoms with van der Waals surface area (Å²) in [5.74, 6) is -1.15. The van der Waals surface area contributed by atoms with Gasteiger partial charge in [0, 0.05) is 66.6 Å². The number of allylic oxidation sites excluding steroid dienone is 4. The second-order valence-electron chi connectivity index (χ2n) is 15.4. The highest BCUT2D eigenvalue weighted by atomic mass is 32.2. The molecule has 4 rings (SSSR count). The van der Waals surface area contributed by atoms with E-state index in [1.807, 2.05) is 41.9 Å². The van der Waals surface area contributed by atoms with Crippen LogP contribution in [-0.4, -0.2) is 98.2 Å². The minimum Gasteiger partial charge on any atom is -0.748 e. The largest absolute Gasteiger partial charge is 0.748 e. The highest BCUT2D eigenvalue weighted by molar-refractivity contribution is 7.86. The van der Waals surface area contributed by atoms with Gasteiger partial charge in [-0.3, -0.25) is 13.9 Å². The molecule has 0 spiro atoms. The number of benzene rings is 1. The molecule has 0 bridgehead atoms. The van der Waals surface area contributed by atoms with Crippen LogP contribution in [0.2, 0.25) is 0 Å². The Morgan fingerprint density at radius 1 is 1.02 bits per heavy atom. The Morgan fingerprint density at radius 2 is 1.72 bits per heavy atom. The Hall–Kier alpha value is -3.22. The minimum absolute atomic E-state index is 0.0855. The quantitative estimate of drug-likeness (QED) is 0.149. The smallest absolute Gasteiger partial charge is 0.303 e. The number of carboxylic acids is 1. The molecule has 0 amide bonds. The summed E-state index contributed by atoms with van der Waals surface area (Å²) in [6.07, 6.45) is 10.1. The van der Waals surface area contributed by atoms with Gasteiger partial charge in [-0.15, -0.1) is 0 Å². The van der Waals surface area contributed by atoms with Gasteiger partial charge in [-0.25, -0.2) is 8.42 Å². The third kappa shape index (κ3) is 11.2. The molecule has 0 aromatic heterocycles. The van der Waals surface area contributed by atoms with E-state index in [9.17, 15) is 48.8 Å². The van der Waals surface area contributed by atoms with Crippen molar-refractivity contribution in [1.29, 1.82) is 0 Å². The van der Waals surface area contributed by atoms with Crippen molar-refractivity contribution in [2.75, 3.05) is 36.0 Å². The van der Waals surface area contributed by atoms with Gasteiger partial charge in [-0.1, -0.05) is 33.8 Å². The van der Waals surface area contributed by atoms with E-state index in [1.165, 1.54) is 12.1 Å². The van der Waals surface area contributed by atoms with Crippen LogP contribution in [0.15, 0.2) is 70.0 Å². The lowest BCUT2D eigenvalue weighted by atomic mass is 9.73. The number of nitrogens with zero attached hydrogens (tertiary/aromatic N) is 2. The van der Waals surface area contributed by atoms with Gasteiger partial charge >= 0.3 is 5.97 Å². The normalized spacial score (nSPS) is 21.7. The van der Waals surface area contributed by atoms with E-state index >= 15 is 0 Å². The zero-order chi connectivity index (χ0) is 40.3. The van der Waals surface area contributed by atoms with Crippen molar-refractivity contribution >= 4 is 42.0 Å². The van der Waals surface area contributed by atoms with Crippen LogP contribution in [0.25, 0.3) is 0 Å². The summed E-state index contributed by atoms with van der Waals surface area (Å²) in [4.78, 5) is 15.2. The molecule has 1 aromatic carbocycles. The molecule has 3 aliphatic rings. The van der Waals surface area contributed by atoms with Crippen LogP contribution in [0.3, 0.4) is 0 Å². The van der Waals surface area contributed by atoms with Crippen LogP contribution >= 0.6 is 0 Å². The molecule has 2 aliphatic heterocycles. The zero-order valence-corrected chi connectivity index (χ0v) is 34.0. The van der Waals surface area contributed by atoms with Crippen LogP contribution in [0.1, 0.15) is 91.5 Å². The van der Waals surface area contributed by atoms with E-state index in [-0.39, 0.29) is 42.2 Å². The van der Waals surface area contributed by atoms with Gasteiger partial charge in [0.2, 0.25) is 0 Å². The maximum Gasteiger partial charge on any atom is 0.303 e. The fourth-order valence-corrected chi connectivity index (χ4v) is 9.35. The number of hydrogen-bond acceptors (Lipinski definition) is 11. The van der Waals surface area contributed by atoms with Crippen molar-refractivity contribution < 1.29 is 53.5 Å². The molecule has 0 saturated heterocycles. The van der Waals surface area contributed by atoms with Crippen LogP contribution in [-0.2, 0) is 45.3 Å². The van der Waals surface area contributed by atoms with Crippen molar-refractivity contribution in [1.82, 2.24) is 4.90 Å². The van der Waals surface area contributed by atoms with E-state index < -0.39 is 59.3 Å². The molecule has 14 nitrogen and oxygen atoms in total. The van der Waals surface area contributed by atoms with E-state index in [2.05, 4.69) is 26.8 Å². The first-order valence-electron chi connectivity index (χ1n) is 18.2. The maximum atomic E-state index is 12.2. The van der Waals surface area contributed by atoms with Gasteiger partial charge in [-0.05, 0) is 98.4 Å². The Labute approximate surface area is 319 Å². The molecule has 17 heteroatoms. The highest BCUT2D eigenvalue weighted by Gasteiger charge is 2.47. The molecule has 0 radical (unpaired) electrons. The topological polar surface area (TPSA) is 219 Å². The standard InChI is InChI=1S/C37H54N2O12S3/c1-6-38(19-9-21-52(42,43)44)26-14-16-29-30(36(2,3)4)24-27(51-33(29)23-26)11-7-12-34-37(5,18-8-13-35(40)41)31-25-28(54(48,49)50)15-17-32(31)39(34)20-10-22-53(45,46)47/h14-17,23-25,33-34H,6-13,18-22H2,1-5H3,(H,40,41)(H,42,43,44)(H,45,46,47)(H,48,49,50)/p-1. The third-order valence-electron chi connectivity index (χ3n) is 10.4. The van der Waals surface area contributed by atoms with Crippen molar-refractivity contribution in [2.24, 2.45) is 5.41 Å². The number of anilines is 1. The summed E-state index contributed by atoms with van der Waals surface area (Å²) >= 11 is 0. The van der Waals surface area contributed by atoms with Crippen LogP contribution in [0, 0.1) is 5.41 Å². The number of carboxylic acid groups (broad SMARTS) is 1. The summed E-state index contributed by atoms with van der Waals surface area (Å²) in [6.45, 7) is 11.4. The number of fused-ring (bicyclic) bond motifs is 2. The molecule has 0 fully saturated rings. The molecule has 3 unspecified atom stereocenters. The van der Waals surface area contributed by atoms with Crippen molar-refractivity contribution in [3.63, 3.8) is 0 Å². The monoisotopic (exact) mass is 813 g/mol. The molecule has 1 aliphatic carbocycles. The SMILES string of the molecule is CCN(CCCS(=O)(=O)[O-])C1=CC2OC(CCCC3N(CCCS(=O)(=O)O)c4ccc(S(=O)(=O)O)cc4C3(C)CCCC(=O)O)=CC(C(C)(C)C)=C2C=C1. The molecule has 3 atom stereocenters. The molecule has 54 heavy (non-hydrogen) atoms. The Morgan fingerprint density at radius 3 is 2.31 bits per heavy atom. The second kappa shape index (κ2) is 16.9. The van der Waals surface area contributed by atoms with Gasteiger partial charge in [0.05, 0.1) is 26.5 Å². The highest BCUT2D eigenvalue weighted by Crippen LogP contribution is 2.51. The van der Waals surface area contributed by atoms with E-state index in [0.717, 1.165) is 22.6 Å². The van der Waals surface area contributed by atoms with Gasteiger partial charge in [0.25, 0.3) is 20.2 Å². The molecule has 1 aromatic rings. The number of aliphatic carboxylic acids is 1. The zero-order valence-electron chi connectivity index (χ0n) is 31.5. The first kappa shape index (κ1) is 43.5. The van der Waals surface area contributed by atoms with E-state index in [4.69, 9.17) is 4.74 Å². The summed E-state index contributed by atoms with van der Waals surface area (Å²) in [5.41, 5.74) is 3.19. The van der Waals surface area contributed by atoms with Crippen LogP contribution in [0.4, 0.5) is 5.69 Å². The van der Waals surface area contributed by atoms with Crippen molar-refractivity contribution in [3.8, 4) is 0 Å². The fraction of sp³-hybridized carbons (Fsp3) is 0.595. The average Bonchev–Trinajstić information content (AvgIpc) is 3.26. The third-order valence-corrected chi connectivity index (χ3v) is 12.9. The van der Waals surface area contributed by atoms with Gasteiger partial charge < -0.3 is 24.2 Å². The number of carbonyl (C=O) groups is 1. The minimum atomic E-state index is -4.56.